The van der Waals surface area contributed by atoms with Crippen LogP contribution >= 0.6 is 24.0 Å². The topological polar surface area (TPSA) is 54.2 Å². The van der Waals surface area contributed by atoms with Gasteiger partial charge in [-0.05, 0) is 73.3 Å². The lowest BCUT2D eigenvalue weighted by atomic mass is 9.94. The van der Waals surface area contributed by atoms with Gasteiger partial charge in [0.15, 0.2) is 5.11 Å². The number of allylic oxidation sites excluding steroid dienone is 1. The molecule has 166 valence electrons. The third-order valence-electron chi connectivity index (χ3n) is 5.35. The molecule has 5 nitrogen and oxygen atoms in total. The Morgan fingerprint density at radius 2 is 1.84 bits per heavy atom. The van der Waals surface area contributed by atoms with Crippen LogP contribution in [0, 0.1) is 11.7 Å². The van der Waals surface area contributed by atoms with Crippen molar-refractivity contribution in [2.45, 2.75) is 31.7 Å². The van der Waals surface area contributed by atoms with Gasteiger partial charge >= 0.3 is 0 Å². The van der Waals surface area contributed by atoms with Gasteiger partial charge in [-0.3, -0.25) is 0 Å². The van der Waals surface area contributed by atoms with E-state index < -0.39 is 0 Å². The smallest absolute Gasteiger partial charge is 0.258 e. The van der Waals surface area contributed by atoms with E-state index in [4.69, 9.17) is 21.7 Å². The second-order valence-electron chi connectivity index (χ2n) is 8.09. The Hall–Kier alpha value is -2.71. The zero-order valence-electron chi connectivity index (χ0n) is 18.4. The molecule has 0 fully saturated rings. The normalized spacial score (nSPS) is 16.6. The summed E-state index contributed by atoms with van der Waals surface area (Å²) in [6.45, 7) is 7.06. The standard InChI is InChI=1S/C24H25FN4OS2/c1-14(2)13-29-15(3)20(21(26-24(29)31)16-5-9-18(25)10-6-16)23-27-22(28-30-23)17-7-11-19(32-4)12-8-17/h5-12,14,21H,13H2,1-4H3,(H,26,31). The first-order valence-electron chi connectivity index (χ1n) is 10.4. The molecule has 2 heterocycles. The zero-order chi connectivity index (χ0) is 22.8. The first kappa shape index (κ1) is 22.5. The Balaban J connectivity index is 1.78. The Kier molecular flexibility index (Phi) is 6.62. The summed E-state index contributed by atoms with van der Waals surface area (Å²) >= 11 is 7.35. The summed E-state index contributed by atoms with van der Waals surface area (Å²) in [5, 5.41) is 8.26. The molecule has 8 heteroatoms. The maximum atomic E-state index is 13.6. The van der Waals surface area contributed by atoms with Crippen molar-refractivity contribution < 1.29 is 8.91 Å². The number of rotatable bonds is 6. The molecule has 0 saturated heterocycles. The van der Waals surface area contributed by atoms with Crippen LogP contribution in [-0.4, -0.2) is 33.0 Å². The summed E-state index contributed by atoms with van der Waals surface area (Å²) in [5.41, 5.74) is 3.54. The molecule has 0 saturated carbocycles. The van der Waals surface area contributed by atoms with Gasteiger partial charge < -0.3 is 14.7 Å². The molecule has 1 unspecified atom stereocenters. The van der Waals surface area contributed by atoms with Gasteiger partial charge in [0.05, 0.1) is 11.6 Å². The molecule has 1 aliphatic rings. The van der Waals surface area contributed by atoms with Gasteiger partial charge in [-0.1, -0.05) is 31.1 Å². The van der Waals surface area contributed by atoms with Crippen molar-refractivity contribution in [1.29, 1.82) is 0 Å². The van der Waals surface area contributed by atoms with Crippen molar-refractivity contribution in [3.63, 3.8) is 0 Å². The molecule has 2 aromatic carbocycles. The number of hydrogen-bond acceptors (Lipinski definition) is 5. The Morgan fingerprint density at radius 1 is 1.16 bits per heavy atom. The van der Waals surface area contributed by atoms with Crippen molar-refractivity contribution >= 4 is 34.7 Å². The van der Waals surface area contributed by atoms with Crippen LogP contribution in [0.2, 0.25) is 0 Å². The fourth-order valence-corrected chi connectivity index (χ4v) is 4.48. The molecule has 32 heavy (non-hydrogen) atoms. The number of benzene rings is 2. The van der Waals surface area contributed by atoms with E-state index in [9.17, 15) is 4.39 Å². The predicted octanol–water partition coefficient (Wildman–Crippen LogP) is 5.92. The van der Waals surface area contributed by atoms with Gasteiger partial charge in [0.1, 0.15) is 5.82 Å². The second-order valence-corrected chi connectivity index (χ2v) is 9.36. The molecule has 0 amide bonds. The Bertz CT molecular complexity index is 1140. The molecule has 1 aromatic heterocycles. The van der Waals surface area contributed by atoms with E-state index in [0.29, 0.717) is 22.7 Å². The van der Waals surface area contributed by atoms with E-state index >= 15 is 0 Å². The van der Waals surface area contributed by atoms with Crippen molar-refractivity contribution in [3.8, 4) is 11.4 Å². The fraction of sp³-hybridized carbons (Fsp3) is 0.292. The van der Waals surface area contributed by atoms with E-state index in [1.165, 1.54) is 17.0 Å². The van der Waals surface area contributed by atoms with Gasteiger partial charge in [0.25, 0.3) is 5.89 Å². The lowest BCUT2D eigenvalue weighted by Crippen LogP contribution is -2.47. The van der Waals surface area contributed by atoms with Gasteiger partial charge in [0, 0.05) is 22.7 Å². The summed E-state index contributed by atoms with van der Waals surface area (Å²) in [6, 6.07) is 14.1. The van der Waals surface area contributed by atoms with Crippen LogP contribution in [0.25, 0.3) is 17.0 Å². The summed E-state index contributed by atoms with van der Waals surface area (Å²) < 4.78 is 19.3. The van der Waals surface area contributed by atoms with Crippen LogP contribution in [0.5, 0.6) is 0 Å². The fourth-order valence-electron chi connectivity index (χ4n) is 3.74. The molecule has 0 aliphatic carbocycles. The lowest BCUT2D eigenvalue weighted by Gasteiger charge is -2.38. The summed E-state index contributed by atoms with van der Waals surface area (Å²) in [7, 11) is 0. The number of halogens is 1. The number of aromatic nitrogens is 2. The van der Waals surface area contributed by atoms with E-state index in [1.54, 1.807) is 23.9 Å². The molecule has 3 aromatic rings. The minimum atomic E-state index is -0.321. The average Bonchev–Trinajstić information content (AvgIpc) is 3.26. The van der Waals surface area contributed by atoms with Crippen LogP contribution in [0.3, 0.4) is 0 Å². The lowest BCUT2D eigenvalue weighted by molar-refractivity contribution is 0.386. The monoisotopic (exact) mass is 468 g/mol. The quantitative estimate of drug-likeness (QED) is 0.356. The van der Waals surface area contributed by atoms with Crippen LogP contribution in [-0.2, 0) is 0 Å². The molecule has 0 spiro atoms. The predicted molar refractivity (Wildman–Crippen MR) is 131 cm³/mol. The van der Waals surface area contributed by atoms with Crippen LogP contribution in [0.4, 0.5) is 4.39 Å². The van der Waals surface area contributed by atoms with Gasteiger partial charge in [-0.15, -0.1) is 11.8 Å². The number of thioether (sulfide) groups is 1. The zero-order valence-corrected chi connectivity index (χ0v) is 20.1. The highest BCUT2D eigenvalue weighted by atomic mass is 32.2. The maximum absolute atomic E-state index is 13.6. The molecular formula is C24H25FN4OS2. The summed E-state index contributed by atoms with van der Waals surface area (Å²) in [5.74, 6) is 1.06. The average molecular weight is 469 g/mol. The van der Waals surface area contributed by atoms with Crippen LogP contribution < -0.4 is 5.32 Å². The maximum Gasteiger partial charge on any atom is 0.258 e. The van der Waals surface area contributed by atoms with Crippen molar-refractivity contribution in [3.05, 3.63) is 71.5 Å². The second kappa shape index (κ2) is 9.42. The van der Waals surface area contributed by atoms with E-state index in [1.807, 2.05) is 37.4 Å². The summed E-state index contributed by atoms with van der Waals surface area (Å²) in [6.07, 6.45) is 2.04. The molecule has 4 rings (SSSR count). The van der Waals surface area contributed by atoms with Crippen molar-refractivity contribution in [1.82, 2.24) is 20.4 Å². The third-order valence-corrected chi connectivity index (χ3v) is 6.43. The van der Waals surface area contributed by atoms with E-state index in [0.717, 1.165) is 28.9 Å². The van der Waals surface area contributed by atoms with Crippen LogP contribution in [0.1, 0.15) is 38.3 Å². The number of hydrogen-bond donors (Lipinski definition) is 1. The van der Waals surface area contributed by atoms with Gasteiger partial charge in [0.2, 0.25) is 5.82 Å². The van der Waals surface area contributed by atoms with Crippen molar-refractivity contribution in [2.24, 2.45) is 5.92 Å². The Morgan fingerprint density at radius 3 is 2.47 bits per heavy atom. The van der Waals surface area contributed by atoms with E-state index in [-0.39, 0.29) is 11.9 Å². The molecule has 0 bridgehead atoms. The molecule has 0 radical (unpaired) electrons. The van der Waals surface area contributed by atoms with Gasteiger partial charge in [-0.2, -0.15) is 4.98 Å². The first-order chi connectivity index (χ1) is 15.4. The van der Waals surface area contributed by atoms with Crippen molar-refractivity contribution in [2.75, 3.05) is 12.8 Å². The minimum Gasteiger partial charge on any atom is -0.351 e. The SMILES string of the molecule is CSc1ccc(-c2noc(C3=C(C)N(CC(C)C)C(=S)NC3c3ccc(F)cc3)n2)cc1. The third kappa shape index (κ3) is 4.56. The highest BCUT2D eigenvalue weighted by Crippen LogP contribution is 2.37. The number of nitrogens with zero attached hydrogens (tertiary/aromatic N) is 3. The Labute approximate surface area is 197 Å². The summed E-state index contributed by atoms with van der Waals surface area (Å²) in [4.78, 5) is 7.95. The highest BCUT2D eigenvalue weighted by Gasteiger charge is 2.34. The molecular weight excluding hydrogens is 443 g/mol. The first-order valence-corrected chi connectivity index (χ1v) is 12.0. The molecule has 1 N–H and O–H groups in total. The number of thiocarbonyl (C=S) groups is 1. The van der Waals surface area contributed by atoms with E-state index in [2.05, 4.69) is 29.2 Å². The minimum absolute atomic E-state index is 0.287. The van der Waals surface area contributed by atoms with Crippen LogP contribution in [0.15, 0.2) is 63.6 Å². The molecule has 1 atom stereocenters. The van der Waals surface area contributed by atoms with Gasteiger partial charge in [-0.25, -0.2) is 4.39 Å². The largest absolute Gasteiger partial charge is 0.351 e. The number of nitrogens with one attached hydrogen (secondary N) is 1. The molecule has 1 aliphatic heterocycles. The highest BCUT2D eigenvalue weighted by molar-refractivity contribution is 7.98.